The van der Waals surface area contributed by atoms with E-state index in [0.717, 1.165) is 10.9 Å². The second-order valence-electron chi connectivity index (χ2n) is 5.81. The summed E-state index contributed by atoms with van der Waals surface area (Å²) in [6.45, 7) is 0. The van der Waals surface area contributed by atoms with Crippen molar-refractivity contribution in [3.8, 4) is 17.2 Å². The lowest BCUT2D eigenvalue weighted by atomic mass is 10.1. The number of ether oxygens (including phenoxy) is 3. The molecule has 0 fully saturated rings. The minimum atomic E-state index is -0.0817. The molecule has 0 saturated heterocycles. The number of fused-ring (bicyclic) bond motifs is 1. The fraction of sp³-hybridized carbons (Fsp3) is 0.190. The molecule has 2 aromatic carbocycles. The van der Waals surface area contributed by atoms with Crippen molar-refractivity contribution < 1.29 is 19.0 Å². The van der Waals surface area contributed by atoms with Crippen molar-refractivity contribution in [2.24, 2.45) is 7.05 Å². The van der Waals surface area contributed by atoms with E-state index in [-0.39, 0.29) is 5.78 Å². The molecule has 0 atom stereocenters. The molecule has 26 heavy (non-hydrogen) atoms. The number of hydrogen-bond donors (Lipinski definition) is 0. The van der Waals surface area contributed by atoms with Gasteiger partial charge in [0.05, 0.1) is 26.9 Å². The molecule has 1 aromatic heterocycles. The van der Waals surface area contributed by atoms with Crippen molar-refractivity contribution in [2.75, 3.05) is 21.3 Å². The van der Waals surface area contributed by atoms with Gasteiger partial charge in [-0.05, 0) is 18.2 Å². The van der Waals surface area contributed by atoms with Gasteiger partial charge in [-0.25, -0.2) is 0 Å². The number of ketones is 1. The fourth-order valence-corrected chi connectivity index (χ4v) is 2.98. The maximum absolute atomic E-state index is 12.8. The van der Waals surface area contributed by atoms with Crippen LogP contribution >= 0.6 is 0 Å². The Hall–Kier alpha value is -3.21. The summed E-state index contributed by atoms with van der Waals surface area (Å²) in [5.74, 6) is 1.68. The predicted octanol–water partition coefficient (Wildman–Crippen LogP) is 4.10. The van der Waals surface area contributed by atoms with Crippen LogP contribution in [0.1, 0.15) is 15.9 Å². The zero-order valence-electron chi connectivity index (χ0n) is 15.3. The molecule has 0 radical (unpaired) electrons. The summed E-state index contributed by atoms with van der Waals surface area (Å²) >= 11 is 0. The van der Waals surface area contributed by atoms with E-state index in [9.17, 15) is 4.79 Å². The third kappa shape index (κ3) is 3.16. The Balaban J connectivity index is 2.00. The maximum Gasteiger partial charge on any atom is 0.188 e. The molecular weight excluding hydrogens is 330 g/mol. The first-order valence-corrected chi connectivity index (χ1v) is 8.15. The fourth-order valence-electron chi connectivity index (χ4n) is 2.98. The average molecular weight is 351 g/mol. The summed E-state index contributed by atoms with van der Waals surface area (Å²) in [6.07, 6.45) is 5.09. The van der Waals surface area contributed by atoms with Crippen LogP contribution < -0.4 is 14.2 Å². The molecule has 0 aliphatic heterocycles. The first kappa shape index (κ1) is 17.6. The van der Waals surface area contributed by atoms with E-state index in [0.29, 0.717) is 28.4 Å². The Bertz CT molecular complexity index is 960. The number of hydrogen-bond acceptors (Lipinski definition) is 4. The number of para-hydroxylation sites is 1. The van der Waals surface area contributed by atoms with E-state index in [2.05, 4.69) is 0 Å². The summed E-state index contributed by atoms with van der Waals surface area (Å²) in [5, 5.41) is 0.929. The molecular formula is C21H21NO4. The van der Waals surface area contributed by atoms with E-state index < -0.39 is 0 Å². The third-order valence-corrected chi connectivity index (χ3v) is 4.32. The van der Waals surface area contributed by atoms with Gasteiger partial charge >= 0.3 is 0 Å². The number of methoxy groups -OCH3 is 3. The standard InChI is InChI=1S/C21H21NO4/c1-22-13-17(15-7-5-6-8-18(15)22)19(23)10-9-16-20(25-3)11-14(24-2)12-21(16)26-4/h5-13H,1-4H3/b10-9+. The van der Waals surface area contributed by atoms with Crippen molar-refractivity contribution >= 4 is 22.8 Å². The van der Waals surface area contributed by atoms with Crippen LogP contribution in [0.4, 0.5) is 0 Å². The first-order chi connectivity index (χ1) is 12.6. The van der Waals surface area contributed by atoms with Crippen LogP contribution in [0.2, 0.25) is 0 Å². The Morgan fingerprint density at radius 1 is 1.00 bits per heavy atom. The molecule has 134 valence electrons. The van der Waals surface area contributed by atoms with E-state index in [1.807, 2.05) is 42.1 Å². The van der Waals surface area contributed by atoms with Crippen molar-refractivity contribution in [1.82, 2.24) is 4.57 Å². The Kier molecular flexibility index (Phi) is 4.98. The number of carbonyl (C=O) groups is 1. The van der Waals surface area contributed by atoms with Gasteiger partial charge in [-0.15, -0.1) is 0 Å². The first-order valence-electron chi connectivity index (χ1n) is 8.15. The molecule has 3 aromatic rings. The Morgan fingerprint density at radius 2 is 1.65 bits per heavy atom. The van der Waals surface area contributed by atoms with Gasteiger partial charge < -0.3 is 18.8 Å². The number of benzene rings is 2. The van der Waals surface area contributed by atoms with Gasteiger partial charge in [-0.1, -0.05) is 18.2 Å². The summed E-state index contributed by atoms with van der Waals surface area (Å²) in [6, 6.07) is 11.3. The lowest BCUT2D eigenvalue weighted by Gasteiger charge is -2.12. The highest BCUT2D eigenvalue weighted by molar-refractivity contribution is 6.15. The monoisotopic (exact) mass is 351 g/mol. The van der Waals surface area contributed by atoms with Gasteiger partial charge in [0.25, 0.3) is 0 Å². The average Bonchev–Trinajstić information content (AvgIpc) is 3.02. The van der Waals surface area contributed by atoms with Crippen LogP contribution in [0.25, 0.3) is 17.0 Å². The predicted molar refractivity (Wildman–Crippen MR) is 102 cm³/mol. The molecule has 0 N–H and O–H groups in total. The SMILES string of the molecule is COc1cc(OC)c(/C=C/C(=O)c2cn(C)c3ccccc23)c(OC)c1. The second-order valence-corrected chi connectivity index (χ2v) is 5.81. The number of aromatic nitrogens is 1. The van der Waals surface area contributed by atoms with Gasteiger partial charge in [0.1, 0.15) is 17.2 Å². The molecule has 0 saturated carbocycles. The molecule has 0 unspecified atom stereocenters. The normalized spacial score (nSPS) is 11.1. The summed E-state index contributed by atoms with van der Waals surface area (Å²) in [7, 11) is 6.64. The molecule has 5 heteroatoms. The zero-order valence-corrected chi connectivity index (χ0v) is 15.3. The number of rotatable bonds is 6. The van der Waals surface area contributed by atoms with Crippen molar-refractivity contribution in [1.29, 1.82) is 0 Å². The Labute approximate surface area is 152 Å². The van der Waals surface area contributed by atoms with Crippen LogP contribution in [0.3, 0.4) is 0 Å². The summed E-state index contributed by atoms with van der Waals surface area (Å²) < 4.78 is 18.0. The second kappa shape index (κ2) is 7.35. The summed E-state index contributed by atoms with van der Waals surface area (Å²) in [4.78, 5) is 12.8. The van der Waals surface area contributed by atoms with Crippen LogP contribution in [0, 0.1) is 0 Å². The lowest BCUT2D eigenvalue weighted by Crippen LogP contribution is -1.96. The van der Waals surface area contributed by atoms with Crippen LogP contribution in [-0.2, 0) is 7.05 Å². The highest BCUT2D eigenvalue weighted by atomic mass is 16.5. The van der Waals surface area contributed by atoms with Crippen LogP contribution in [0.5, 0.6) is 17.2 Å². The van der Waals surface area contributed by atoms with Gasteiger partial charge in [0.2, 0.25) is 0 Å². The largest absolute Gasteiger partial charge is 0.496 e. The topological polar surface area (TPSA) is 49.7 Å². The molecule has 0 amide bonds. The quantitative estimate of drug-likeness (QED) is 0.496. The Morgan fingerprint density at radius 3 is 2.27 bits per heavy atom. The van der Waals surface area contributed by atoms with E-state index in [1.165, 1.54) is 6.08 Å². The lowest BCUT2D eigenvalue weighted by molar-refractivity contribution is 0.104. The van der Waals surface area contributed by atoms with E-state index in [1.54, 1.807) is 39.5 Å². The van der Waals surface area contributed by atoms with Crippen molar-refractivity contribution in [2.45, 2.75) is 0 Å². The van der Waals surface area contributed by atoms with Gasteiger partial charge in [-0.2, -0.15) is 0 Å². The van der Waals surface area contributed by atoms with Crippen LogP contribution in [-0.4, -0.2) is 31.7 Å². The molecule has 0 spiro atoms. The molecule has 0 aliphatic carbocycles. The minimum absolute atomic E-state index is 0.0817. The third-order valence-electron chi connectivity index (χ3n) is 4.32. The number of carbonyl (C=O) groups excluding carboxylic acids is 1. The molecule has 3 rings (SSSR count). The molecule has 5 nitrogen and oxygen atoms in total. The van der Waals surface area contributed by atoms with Crippen LogP contribution in [0.15, 0.2) is 48.7 Å². The number of nitrogens with zero attached hydrogens (tertiary/aromatic N) is 1. The summed E-state index contributed by atoms with van der Waals surface area (Å²) in [5.41, 5.74) is 2.36. The minimum Gasteiger partial charge on any atom is -0.496 e. The van der Waals surface area contributed by atoms with Crippen molar-refractivity contribution in [3.05, 3.63) is 59.8 Å². The maximum atomic E-state index is 12.8. The molecule has 1 heterocycles. The highest BCUT2D eigenvalue weighted by Crippen LogP contribution is 2.35. The number of allylic oxidation sites excluding steroid dienone is 1. The van der Waals surface area contributed by atoms with Gasteiger partial charge in [-0.3, -0.25) is 4.79 Å². The highest BCUT2D eigenvalue weighted by Gasteiger charge is 2.14. The molecule has 0 bridgehead atoms. The zero-order chi connectivity index (χ0) is 18.7. The smallest absolute Gasteiger partial charge is 0.188 e. The molecule has 0 aliphatic rings. The van der Waals surface area contributed by atoms with E-state index >= 15 is 0 Å². The number of aryl methyl sites for hydroxylation is 1. The van der Waals surface area contributed by atoms with E-state index in [4.69, 9.17) is 14.2 Å². The van der Waals surface area contributed by atoms with Gasteiger partial charge in [0, 0.05) is 41.8 Å². The van der Waals surface area contributed by atoms with Crippen molar-refractivity contribution in [3.63, 3.8) is 0 Å². The van der Waals surface area contributed by atoms with Gasteiger partial charge in [0.15, 0.2) is 5.78 Å².